The van der Waals surface area contributed by atoms with Crippen LogP contribution >= 0.6 is 11.6 Å². The van der Waals surface area contributed by atoms with Crippen molar-refractivity contribution >= 4 is 23.2 Å². The second kappa shape index (κ2) is 8.70. The number of halogens is 1. The molecule has 1 N–H and O–H groups in total. The highest BCUT2D eigenvalue weighted by atomic mass is 35.5. The largest absolute Gasteiger partial charge is 0.489 e. The van der Waals surface area contributed by atoms with Gasteiger partial charge in [-0.05, 0) is 48.4 Å². The van der Waals surface area contributed by atoms with Crippen molar-refractivity contribution in [3.8, 4) is 5.75 Å². The van der Waals surface area contributed by atoms with Crippen molar-refractivity contribution in [1.29, 1.82) is 0 Å². The van der Waals surface area contributed by atoms with E-state index in [2.05, 4.69) is 10.4 Å². The van der Waals surface area contributed by atoms with Crippen LogP contribution in [0.15, 0.2) is 54.9 Å². The molecule has 0 aliphatic rings. The summed E-state index contributed by atoms with van der Waals surface area (Å²) in [4.78, 5) is 12.3. The summed E-state index contributed by atoms with van der Waals surface area (Å²) >= 11 is 6.02. The number of ether oxygens (including phenoxy) is 2. The van der Waals surface area contributed by atoms with Crippen molar-refractivity contribution in [2.45, 2.75) is 20.3 Å². The highest BCUT2D eigenvalue weighted by molar-refractivity contribution is 6.31. The molecular weight excluding hydrogens is 366 g/mol. The molecule has 1 heterocycles. The number of amides is 1. The fourth-order valence-electron chi connectivity index (χ4n) is 2.46. The number of hydrogen-bond acceptors (Lipinski definition) is 4. The summed E-state index contributed by atoms with van der Waals surface area (Å²) < 4.78 is 12.3. The summed E-state index contributed by atoms with van der Waals surface area (Å²) in [5.74, 6) is 0.555. The molecule has 1 amide bonds. The van der Waals surface area contributed by atoms with E-state index >= 15 is 0 Å². The Morgan fingerprint density at radius 1 is 1.22 bits per heavy atom. The fraction of sp³-hybridized carbons (Fsp3) is 0.200. The Morgan fingerprint density at radius 2 is 2.00 bits per heavy atom. The van der Waals surface area contributed by atoms with Crippen LogP contribution in [0, 0.1) is 6.92 Å². The van der Waals surface area contributed by atoms with Gasteiger partial charge in [0.05, 0.1) is 18.1 Å². The first-order valence-electron chi connectivity index (χ1n) is 8.36. The van der Waals surface area contributed by atoms with Gasteiger partial charge in [-0.3, -0.25) is 4.79 Å². The van der Waals surface area contributed by atoms with Crippen molar-refractivity contribution < 1.29 is 14.3 Å². The van der Waals surface area contributed by atoms with E-state index in [1.807, 2.05) is 37.3 Å². The van der Waals surface area contributed by atoms with Crippen LogP contribution in [0.4, 0.5) is 5.69 Å². The number of nitrogens with one attached hydrogen (secondary N) is 1. The van der Waals surface area contributed by atoms with Gasteiger partial charge in [0.25, 0.3) is 5.91 Å². The van der Waals surface area contributed by atoms with E-state index in [1.54, 1.807) is 36.3 Å². The van der Waals surface area contributed by atoms with Crippen LogP contribution in [0.1, 0.15) is 21.5 Å². The highest BCUT2D eigenvalue weighted by Gasteiger charge is 2.08. The lowest BCUT2D eigenvalue weighted by atomic mass is 10.1. The van der Waals surface area contributed by atoms with Crippen LogP contribution in [0.2, 0.25) is 5.02 Å². The van der Waals surface area contributed by atoms with Crippen LogP contribution in [-0.4, -0.2) is 22.8 Å². The molecular formula is C20H20ClN3O3. The second-order valence-corrected chi connectivity index (χ2v) is 6.44. The van der Waals surface area contributed by atoms with Crippen LogP contribution in [-0.2, 0) is 18.1 Å². The quantitative estimate of drug-likeness (QED) is 0.659. The number of methoxy groups -OCH3 is 1. The molecule has 0 unspecified atom stereocenters. The van der Waals surface area contributed by atoms with Gasteiger partial charge in [-0.1, -0.05) is 23.7 Å². The molecule has 27 heavy (non-hydrogen) atoms. The number of rotatable bonds is 7. The lowest BCUT2D eigenvalue weighted by Crippen LogP contribution is -2.11. The molecule has 0 radical (unpaired) electrons. The topological polar surface area (TPSA) is 65.4 Å². The number of aryl methyl sites for hydroxylation is 1. The Balaban J connectivity index is 1.57. The summed E-state index contributed by atoms with van der Waals surface area (Å²) in [6.45, 7) is 2.67. The van der Waals surface area contributed by atoms with Crippen molar-refractivity contribution in [1.82, 2.24) is 9.78 Å². The molecule has 6 nitrogen and oxygen atoms in total. The van der Waals surface area contributed by atoms with Gasteiger partial charge in [-0.2, -0.15) is 5.10 Å². The zero-order valence-electron chi connectivity index (χ0n) is 15.1. The second-order valence-electron chi connectivity index (χ2n) is 6.04. The minimum Gasteiger partial charge on any atom is -0.489 e. The number of benzene rings is 2. The van der Waals surface area contributed by atoms with E-state index in [0.29, 0.717) is 29.6 Å². The molecule has 3 aromatic rings. The standard InChI is InChI=1S/C20H20ClN3O3/c1-14-9-18(7-8-19(14)21)27-12-15-3-5-16(6-4-15)20(25)23-17-10-22-24(11-17)13-26-2/h3-11H,12-13H2,1-2H3,(H,23,25). The number of carbonyl (C=O) groups is 1. The minimum absolute atomic E-state index is 0.201. The first-order valence-corrected chi connectivity index (χ1v) is 8.73. The summed E-state index contributed by atoms with van der Waals surface area (Å²) in [6.07, 6.45) is 3.28. The molecule has 0 aliphatic carbocycles. The van der Waals surface area contributed by atoms with E-state index in [0.717, 1.165) is 16.9 Å². The van der Waals surface area contributed by atoms with Gasteiger partial charge < -0.3 is 14.8 Å². The Morgan fingerprint density at radius 3 is 2.70 bits per heavy atom. The van der Waals surface area contributed by atoms with Crippen LogP contribution in [0.25, 0.3) is 0 Å². The molecule has 7 heteroatoms. The summed E-state index contributed by atoms with van der Waals surface area (Å²) in [5, 5.41) is 7.60. The van der Waals surface area contributed by atoms with E-state index < -0.39 is 0 Å². The van der Waals surface area contributed by atoms with Crippen molar-refractivity contribution in [3.63, 3.8) is 0 Å². The molecule has 0 saturated carbocycles. The molecule has 0 atom stereocenters. The smallest absolute Gasteiger partial charge is 0.255 e. The molecule has 3 rings (SSSR count). The zero-order chi connectivity index (χ0) is 19.2. The number of nitrogens with zero attached hydrogens (tertiary/aromatic N) is 2. The minimum atomic E-state index is -0.201. The summed E-state index contributed by atoms with van der Waals surface area (Å²) in [7, 11) is 1.58. The van der Waals surface area contributed by atoms with E-state index in [4.69, 9.17) is 21.1 Å². The van der Waals surface area contributed by atoms with Crippen molar-refractivity contribution in [3.05, 3.63) is 76.6 Å². The van der Waals surface area contributed by atoms with Gasteiger partial charge in [0.1, 0.15) is 19.1 Å². The average Bonchev–Trinajstić information content (AvgIpc) is 3.10. The van der Waals surface area contributed by atoms with Gasteiger partial charge in [0.15, 0.2) is 0 Å². The monoisotopic (exact) mass is 385 g/mol. The number of carbonyl (C=O) groups excluding carboxylic acids is 1. The van der Waals surface area contributed by atoms with E-state index in [1.165, 1.54) is 0 Å². The summed E-state index contributed by atoms with van der Waals surface area (Å²) in [5.41, 5.74) is 3.10. The molecule has 0 fully saturated rings. The Labute approximate surface area is 162 Å². The molecule has 1 aromatic heterocycles. The lowest BCUT2D eigenvalue weighted by Gasteiger charge is -2.09. The Bertz CT molecular complexity index is 922. The van der Waals surface area contributed by atoms with Crippen molar-refractivity contribution in [2.75, 3.05) is 12.4 Å². The maximum absolute atomic E-state index is 12.3. The molecule has 0 saturated heterocycles. The molecule has 2 aromatic carbocycles. The predicted molar refractivity (Wildman–Crippen MR) is 104 cm³/mol. The van der Waals surface area contributed by atoms with Crippen molar-refractivity contribution in [2.24, 2.45) is 0 Å². The van der Waals surface area contributed by atoms with Gasteiger partial charge in [0.2, 0.25) is 0 Å². The normalized spacial score (nSPS) is 10.6. The number of anilines is 1. The van der Waals surface area contributed by atoms with Crippen LogP contribution in [0.3, 0.4) is 0 Å². The van der Waals surface area contributed by atoms with E-state index in [-0.39, 0.29) is 5.91 Å². The molecule has 0 aliphatic heterocycles. The number of hydrogen-bond donors (Lipinski definition) is 1. The predicted octanol–water partition coefficient (Wildman–Crippen LogP) is 4.28. The Kier molecular flexibility index (Phi) is 6.11. The van der Waals surface area contributed by atoms with E-state index in [9.17, 15) is 4.79 Å². The third-order valence-electron chi connectivity index (χ3n) is 3.90. The fourth-order valence-corrected chi connectivity index (χ4v) is 2.58. The maximum Gasteiger partial charge on any atom is 0.255 e. The molecule has 0 bridgehead atoms. The van der Waals surface area contributed by atoms with Crippen LogP contribution < -0.4 is 10.1 Å². The van der Waals surface area contributed by atoms with Gasteiger partial charge in [-0.25, -0.2) is 4.68 Å². The third kappa shape index (κ3) is 5.09. The lowest BCUT2D eigenvalue weighted by molar-refractivity contribution is 0.102. The van der Waals surface area contributed by atoms with Gasteiger partial charge >= 0.3 is 0 Å². The third-order valence-corrected chi connectivity index (χ3v) is 4.33. The van der Waals surface area contributed by atoms with Crippen LogP contribution in [0.5, 0.6) is 5.75 Å². The Hall–Kier alpha value is -2.83. The maximum atomic E-state index is 12.3. The average molecular weight is 386 g/mol. The first-order chi connectivity index (χ1) is 13.0. The molecule has 0 spiro atoms. The summed E-state index contributed by atoms with van der Waals surface area (Å²) in [6, 6.07) is 12.8. The number of aromatic nitrogens is 2. The first kappa shape index (κ1) is 18.9. The SMILES string of the molecule is COCn1cc(NC(=O)c2ccc(COc3ccc(Cl)c(C)c3)cc2)cn1. The molecule has 140 valence electrons. The highest BCUT2D eigenvalue weighted by Crippen LogP contribution is 2.22. The van der Waals surface area contributed by atoms with Gasteiger partial charge in [0, 0.05) is 17.7 Å². The zero-order valence-corrected chi connectivity index (χ0v) is 15.9. The van der Waals surface area contributed by atoms with Gasteiger partial charge in [-0.15, -0.1) is 0 Å².